The molecule has 1 amide bonds. The standard InChI is InChI=1S/C16H16N4O4/c1-20-7-6-11(9-20)8-17-15(21)12-4-2-3-5-13(12)23-10-14-18-16(22)24-19-14/h2-7,9H,8,10H2,1H3,(H,17,21)(H,18,19,22). The van der Waals surface area contributed by atoms with Gasteiger partial charge in [0.1, 0.15) is 12.4 Å². The second kappa shape index (κ2) is 6.86. The summed E-state index contributed by atoms with van der Waals surface area (Å²) >= 11 is 0. The highest BCUT2D eigenvalue weighted by Gasteiger charge is 2.13. The van der Waals surface area contributed by atoms with Gasteiger partial charge in [-0.1, -0.05) is 17.3 Å². The van der Waals surface area contributed by atoms with Crippen molar-refractivity contribution in [1.29, 1.82) is 0 Å². The number of nitrogens with one attached hydrogen (secondary N) is 2. The minimum Gasteiger partial charge on any atom is -0.485 e. The van der Waals surface area contributed by atoms with E-state index in [1.54, 1.807) is 24.3 Å². The third-order valence-corrected chi connectivity index (χ3v) is 3.33. The summed E-state index contributed by atoms with van der Waals surface area (Å²) in [7, 11) is 1.92. The molecule has 0 fully saturated rings. The van der Waals surface area contributed by atoms with Crippen molar-refractivity contribution in [2.75, 3.05) is 0 Å². The number of carbonyl (C=O) groups excluding carboxylic acids is 1. The van der Waals surface area contributed by atoms with Gasteiger partial charge in [0, 0.05) is 26.0 Å². The number of amides is 1. The largest absolute Gasteiger partial charge is 0.485 e. The van der Waals surface area contributed by atoms with Crippen LogP contribution in [0.5, 0.6) is 5.75 Å². The third kappa shape index (κ3) is 3.72. The highest BCUT2D eigenvalue weighted by atomic mass is 16.5. The highest BCUT2D eigenvalue weighted by molar-refractivity contribution is 5.96. The van der Waals surface area contributed by atoms with E-state index in [0.29, 0.717) is 17.9 Å². The van der Waals surface area contributed by atoms with Crippen LogP contribution < -0.4 is 15.8 Å². The predicted molar refractivity (Wildman–Crippen MR) is 84.5 cm³/mol. The first kappa shape index (κ1) is 15.6. The number of aryl methyl sites for hydroxylation is 1. The molecule has 0 aliphatic heterocycles. The maximum Gasteiger partial charge on any atom is 0.439 e. The van der Waals surface area contributed by atoms with Gasteiger partial charge in [-0.3, -0.25) is 14.3 Å². The van der Waals surface area contributed by atoms with Gasteiger partial charge >= 0.3 is 5.76 Å². The van der Waals surface area contributed by atoms with Crippen molar-refractivity contribution in [2.45, 2.75) is 13.2 Å². The number of rotatable bonds is 6. The van der Waals surface area contributed by atoms with Gasteiger partial charge in [0.05, 0.1) is 5.56 Å². The van der Waals surface area contributed by atoms with Gasteiger partial charge in [-0.15, -0.1) is 0 Å². The Hall–Kier alpha value is -3.29. The number of H-pyrrole nitrogens is 1. The molecule has 0 unspecified atom stereocenters. The molecule has 0 aliphatic rings. The van der Waals surface area contributed by atoms with Crippen molar-refractivity contribution in [1.82, 2.24) is 20.0 Å². The number of aromatic nitrogens is 3. The van der Waals surface area contributed by atoms with Crippen LogP contribution in [0.3, 0.4) is 0 Å². The molecule has 0 spiro atoms. The average Bonchev–Trinajstić information content (AvgIpc) is 3.19. The van der Waals surface area contributed by atoms with Gasteiger partial charge in [0.15, 0.2) is 5.82 Å². The number of carbonyl (C=O) groups is 1. The second-order valence-electron chi connectivity index (χ2n) is 5.19. The molecule has 3 aromatic rings. The molecule has 0 bridgehead atoms. The van der Waals surface area contributed by atoms with Crippen LogP contribution in [0.25, 0.3) is 0 Å². The van der Waals surface area contributed by atoms with E-state index in [1.165, 1.54) is 0 Å². The zero-order chi connectivity index (χ0) is 16.9. The Labute approximate surface area is 137 Å². The van der Waals surface area contributed by atoms with Gasteiger partial charge in [-0.05, 0) is 23.8 Å². The number of benzene rings is 1. The predicted octanol–water partition coefficient (Wildman–Crippen LogP) is 1.21. The van der Waals surface area contributed by atoms with E-state index in [0.717, 1.165) is 5.56 Å². The lowest BCUT2D eigenvalue weighted by Crippen LogP contribution is -2.23. The fourth-order valence-electron chi connectivity index (χ4n) is 2.19. The first-order valence-electron chi connectivity index (χ1n) is 7.27. The van der Waals surface area contributed by atoms with Crippen molar-refractivity contribution < 1.29 is 14.1 Å². The minimum atomic E-state index is -0.650. The molecule has 24 heavy (non-hydrogen) atoms. The monoisotopic (exact) mass is 328 g/mol. The Morgan fingerprint density at radius 1 is 1.38 bits per heavy atom. The van der Waals surface area contributed by atoms with Crippen LogP contribution in [0, 0.1) is 0 Å². The van der Waals surface area contributed by atoms with Crippen molar-refractivity contribution in [3.63, 3.8) is 0 Å². The fourth-order valence-corrected chi connectivity index (χ4v) is 2.19. The van der Waals surface area contributed by atoms with Crippen LogP contribution >= 0.6 is 0 Å². The van der Waals surface area contributed by atoms with Crippen LogP contribution in [0.15, 0.2) is 52.0 Å². The maximum atomic E-state index is 12.4. The molecule has 3 rings (SSSR count). The van der Waals surface area contributed by atoms with Crippen LogP contribution in [0.2, 0.25) is 0 Å². The van der Waals surface area contributed by atoms with Crippen molar-refractivity contribution in [3.8, 4) is 5.75 Å². The summed E-state index contributed by atoms with van der Waals surface area (Å²) in [5.74, 6) is -0.253. The summed E-state index contributed by atoms with van der Waals surface area (Å²) in [6.45, 7) is 0.416. The minimum absolute atomic E-state index is 0.00524. The van der Waals surface area contributed by atoms with Crippen molar-refractivity contribution in [3.05, 3.63) is 70.2 Å². The number of aromatic amines is 1. The maximum absolute atomic E-state index is 12.4. The van der Waals surface area contributed by atoms with E-state index < -0.39 is 5.76 Å². The van der Waals surface area contributed by atoms with Crippen LogP contribution in [0.1, 0.15) is 21.7 Å². The normalized spacial score (nSPS) is 10.5. The molecule has 2 N–H and O–H groups in total. The summed E-state index contributed by atoms with van der Waals surface area (Å²) in [6, 6.07) is 8.79. The molecule has 0 atom stereocenters. The Kier molecular flexibility index (Phi) is 4.46. The number of para-hydroxylation sites is 1. The van der Waals surface area contributed by atoms with Crippen LogP contribution in [-0.2, 0) is 20.2 Å². The zero-order valence-electron chi connectivity index (χ0n) is 13.0. The Morgan fingerprint density at radius 3 is 2.92 bits per heavy atom. The highest BCUT2D eigenvalue weighted by Crippen LogP contribution is 2.19. The lowest BCUT2D eigenvalue weighted by atomic mass is 10.2. The Balaban J connectivity index is 1.66. The topological polar surface area (TPSA) is 102 Å². The molecular weight excluding hydrogens is 312 g/mol. The number of hydrogen-bond donors (Lipinski definition) is 2. The molecule has 2 heterocycles. The first-order valence-corrected chi connectivity index (χ1v) is 7.27. The number of nitrogens with zero attached hydrogens (tertiary/aromatic N) is 2. The molecule has 124 valence electrons. The summed E-state index contributed by atoms with van der Waals surface area (Å²) in [6.07, 6.45) is 3.85. The average molecular weight is 328 g/mol. The SMILES string of the molecule is Cn1ccc(CNC(=O)c2ccccc2OCc2noc(=O)[nH]2)c1. The number of hydrogen-bond acceptors (Lipinski definition) is 5. The summed E-state index contributed by atoms with van der Waals surface area (Å²) in [5.41, 5.74) is 1.41. The summed E-state index contributed by atoms with van der Waals surface area (Å²) < 4.78 is 11.9. The van der Waals surface area contributed by atoms with Crippen LogP contribution in [-0.4, -0.2) is 20.6 Å². The smallest absolute Gasteiger partial charge is 0.439 e. The lowest BCUT2D eigenvalue weighted by Gasteiger charge is -2.10. The van der Waals surface area contributed by atoms with Gasteiger partial charge in [-0.25, -0.2) is 4.79 Å². The molecule has 0 saturated carbocycles. The summed E-state index contributed by atoms with van der Waals surface area (Å²) in [4.78, 5) is 25.6. The van der Waals surface area contributed by atoms with E-state index >= 15 is 0 Å². The van der Waals surface area contributed by atoms with E-state index in [-0.39, 0.29) is 18.3 Å². The Morgan fingerprint density at radius 2 is 2.21 bits per heavy atom. The Bertz CT molecular complexity index is 893. The molecule has 8 nitrogen and oxygen atoms in total. The molecule has 2 aromatic heterocycles. The first-order chi connectivity index (χ1) is 11.6. The number of ether oxygens (including phenoxy) is 1. The van der Waals surface area contributed by atoms with Gasteiger partial charge < -0.3 is 14.6 Å². The molecule has 8 heteroatoms. The molecular formula is C16H16N4O4. The van der Waals surface area contributed by atoms with Gasteiger partial charge in [0.2, 0.25) is 0 Å². The van der Waals surface area contributed by atoms with Gasteiger partial charge in [0.25, 0.3) is 5.91 Å². The zero-order valence-corrected chi connectivity index (χ0v) is 13.0. The fraction of sp³-hybridized carbons (Fsp3) is 0.188. The summed E-state index contributed by atoms with van der Waals surface area (Å²) in [5, 5.41) is 6.36. The van der Waals surface area contributed by atoms with E-state index in [2.05, 4.69) is 20.0 Å². The second-order valence-corrected chi connectivity index (χ2v) is 5.19. The van der Waals surface area contributed by atoms with E-state index in [1.807, 2.05) is 30.1 Å². The van der Waals surface area contributed by atoms with Crippen LogP contribution in [0.4, 0.5) is 0 Å². The third-order valence-electron chi connectivity index (χ3n) is 3.33. The van der Waals surface area contributed by atoms with Crippen molar-refractivity contribution in [2.24, 2.45) is 7.05 Å². The molecule has 0 radical (unpaired) electrons. The molecule has 0 aliphatic carbocycles. The van der Waals surface area contributed by atoms with E-state index in [9.17, 15) is 9.59 Å². The molecule has 1 aromatic carbocycles. The quantitative estimate of drug-likeness (QED) is 0.708. The van der Waals surface area contributed by atoms with Gasteiger partial charge in [-0.2, -0.15) is 0 Å². The molecule has 0 saturated heterocycles. The van der Waals surface area contributed by atoms with E-state index in [4.69, 9.17) is 4.74 Å². The van der Waals surface area contributed by atoms with Crippen molar-refractivity contribution >= 4 is 5.91 Å². The lowest BCUT2D eigenvalue weighted by molar-refractivity contribution is 0.0946.